The first-order valence-corrected chi connectivity index (χ1v) is 5.59. The van der Waals surface area contributed by atoms with Crippen LogP contribution < -0.4 is 11.3 Å². The van der Waals surface area contributed by atoms with Crippen LogP contribution in [0.2, 0.25) is 0 Å². The molecule has 2 aromatic rings. The molecule has 0 aliphatic carbocycles. The van der Waals surface area contributed by atoms with E-state index in [4.69, 9.17) is 10.4 Å². The molecule has 0 unspecified atom stereocenters. The minimum atomic E-state index is -0.472. The number of nitrogens with one attached hydrogen (secondary N) is 1. The van der Waals surface area contributed by atoms with Crippen molar-refractivity contribution >= 4 is 5.91 Å². The van der Waals surface area contributed by atoms with Crippen molar-refractivity contribution in [1.29, 1.82) is 0 Å². The van der Waals surface area contributed by atoms with E-state index >= 15 is 0 Å². The number of nitrogens with two attached hydrogens (primary N) is 1. The van der Waals surface area contributed by atoms with Gasteiger partial charge in [0.05, 0.1) is 6.54 Å². The Bertz CT molecular complexity index is 543. The lowest BCUT2D eigenvalue weighted by Crippen LogP contribution is -2.30. The second-order valence-corrected chi connectivity index (χ2v) is 4.22. The van der Waals surface area contributed by atoms with Crippen LogP contribution in [0.1, 0.15) is 41.8 Å². The van der Waals surface area contributed by atoms with Crippen LogP contribution in [0.3, 0.4) is 0 Å². The third-order valence-electron chi connectivity index (χ3n) is 2.51. The van der Waals surface area contributed by atoms with Gasteiger partial charge in [0, 0.05) is 24.4 Å². The highest BCUT2D eigenvalue weighted by atomic mass is 16.5. The molecule has 0 atom stereocenters. The standard InChI is InChI=1S/C11H15N5O2/c1-7(2)10-13-3-4-16(10)6-8-5-9(15-18-8)11(17)14-12/h3-5,7H,6,12H2,1-2H3,(H,14,17). The summed E-state index contributed by atoms with van der Waals surface area (Å²) in [5.74, 6) is 6.39. The van der Waals surface area contributed by atoms with Gasteiger partial charge in [0.15, 0.2) is 11.5 Å². The average Bonchev–Trinajstić information content (AvgIpc) is 2.97. The zero-order chi connectivity index (χ0) is 13.1. The molecule has 0 aromatic carbocycles. The molecule has 0 saturated carbocycles. The Morgan fingerprint density at radius 1 is 1.61 bits per heavy atom. The van der Waals surface area contributed by atoms with Gasteiger partial charge < -0.3 is 9.09 Å². The predicted molar refractivity (Wildman–Crippen MR) is 63.6 cm³/mol. The maximum absolute atomic E-state index is 11.2. The molecule has 0 radical (unpaired) electrons. The Morgan fingerprint density at radius 3 is 3.06 bits per heavy atom. The summed E-state index contributed by atoms with van der Waals surface area (Å²) in [6.07, 6.45) is 3.60. The van der Waals surface area contributed by atoms with Gasteiger partial charge in [-0.05, 0) is 0 Å². The summed E-state index contributed by atoms with van der Waals surface area (Å²) >= 11 is 0. The molecule has 0 aliphatic heterocycles. The fourth-order valence-electron chi connectivity index (χ4n) is 1.69. The fraction of sp³-hybridized carbons (Fsp3) is 0.364. The van der Waals surface area contributed by atoms with Crippen molar-refractivity contribution in [3.63, 3.8) is 0 Å². The third kappa shape index (κ3) is 2.40. The van der Waals surface area contributed by atoms with E-state index in [1.54, 1.807) is 12.3 Å². The maximum Gasteiger partial charge on any atom is 0.287 e. The number of aromatic nitrogens is 3. The largest absolute Gasteiger partial charge is 0.359 e. The predicted octanol–water partition coefficient (Wildman–Crippen LogP) is 0.646. The molecular formula is C11H15N5O2. The number of nitrogen functional groups attached to an aromatic ring is 1. The van der Waals surface area contributed by atoms with Gasteiger partial charge in [-0.2, -0.15) is 0 Å². The number of hydrogen-bond donors (Lipinski definition) is 2. The summed E-state index contributed by atoms with van der Waals surface area (Å²) in [4.78, 5) is 15.5. The molecular weight excluding hydrogens is 234 g/mol. The lowest BCUT2D eigenvalue weighted by molar-refractivity contribution is 0.0944. The van der Waals surface area contributed by atoms with Crippen molar-refractivity contribution in [1.82, 2.24) is 20.1 Å². The Balaban J connectivity index is 2.16. The van der Waals surface area contributed by atoms with E-state index < -0.39 is 5.91 Å². The second kappa shape index (κ2) is 5.01. The maximum atomic E-state index is 11.2. The van der Waals surface area contributed by atoms with Crippen molar-refractivity contribution in [2.45, 2.75) is 26.3 Å². The number of carbonyl (C=O) groups is 1. The van der Waals surface area contributed by atoms with Crippen LogP contribution in [0, 0.1) is 0 Å². The van der Waals surface area contributed by atoms with Crippen LogP contribution >= 0.6 is 0 Å². The average molecular weight is 249 g/mol. The van der Waals surface area contributed by atoms with E-state index in [-0.39, 0.29) is 5.69 Å². The summed E-state index contributed by atoms with van der Waals surface area (Å²) < 4.78 is 7.03. The van der Waals surface area contributed by atoms with Crippen molar-refractivity contribution in [2.75, 3.05) is 0 Å². The molecule has 96 valence electrons. The Morgan fingerprint density at radius 2 is 2.39 bits per heavy atom. The molecule has 3 N–H and O–H groups in total. The topological polar surface area (TPSA) is 99.0 Å². The molecule has 7 nitrogen and oxygen atoms in total. The Labute approximate surface area is 104 Å². The van der Waals surface area contributed by atoms with Crippen molar-refractivity contribution in [3.8, 4) is 0 Å². The Kier molecular flexibility index (Phi) is 3.42. The summed E-state index contributed by atoms with van der Waals surface area (Å²) in [5.41, 5.74) is 2.17. The third-order valence-corrected chi connectivity index (χ3v) is 2.51. The minimum Gasteiger partial charge on any atom is -0.359 e. The Hall–Kier alpha value is -2.15. The quantitative estimate of drug-likeness (QED) is 0.471. The number of amides is 1. The van der Waals surface area contributed by atoms with Crippen molar-refractivity contribution in [2.24, 2.45) is 5.84 Å². The van der Waals surface area contributed by atoms with Crippen LogP contribution in [-0.2, 0) is 6.54 Å². The van der Waals surface area contributed by atoms with E-state index in [0.717, 1.165) is 5.82 Å². The molecule has 0 aliphatic rings. The number of imidazole rings is 1. The number of carbonyl (C=O) groups excluding carboxylic acids is 1. The highest BCUT2D eigenvalue weighted by Crippen LogP contribution is 2.14. The van der Waals surface area contributed by atoms with Crippen molar-refractivity contribution < 1.29 is 9.32 Å². The van der Waals surface area contributed by atoms with Gasteiger partial charge in [-0.25, -0.2) is 10.8 Å². The van der Waals surface area contributed by atoms with Gasteiger partial charge in [0.1, 0.15) is 5.82 Å². The molecule has 0 fully saturated rings. The van der Waals surface area contributed by atoms with Crippen LogP contribution in [0.15, 0.2) is 23.0 Å². The number of hydrogen-bond acceptors (Lipinski definition) is 5. The zero-order valence-corrected chi connectivity index (χ0v) is 10.3. The first kappa shape index (κ1) is 12.3. The monoisotopic (exact) mass is 249 g/mol. The highest BCUT2D eigenvalue weighted by Gasteiger charge is 2.13. The van der Waals surface area contributed by atoms with Crippen LogP contribution in [-0.4, -0.2) is 20.6 Å². The number of hydrazine groups is 1. The van der Waals surface area contributed by atoms with Crippen LogP contribution in [0.5, 0.6) is 0 Å². The molecule has 7 heteroatoms. The van der Waals surface area contributed by atoms with Gasteiger partial charge in [-0.3, -0.25) is 10.2 Å². The van der Waals surface area contributed by atoms with Crippen LogP contribution in [0.4, 0.5) is 0 Å². The van der Waals surface area contributed by atoms with E-state index in [9.17, 15) is 4.79 Å². The van der Waals surface area contributed by atoms with Crippen molar-refractivity contribution in [3.05, 3.63) is 35.7 Å². The normalized spacial score (nSPS) is 10.9. The molecule has 2 aromatic heterocycles. The van der Waals surface area contributed by atoms with E-state index in [2.05, 4.69) is 24.0 Å². The lowest BCUT2D eigenvalue weighted by atomic mass is 10.2. The van der Waals surface area contributed by atoms with Gasteiger partial charge in [0.2, 0.25) is 0 Å². The van der Waals surface area contributed by atoms with E-state index in [0.29, 0.717) is 18.2 Å². The summed E-state index contributed by atoms with van der Waals surface area (Å²) in [6.45, 7) is 4.61. The highest BCUT2D eigenvalue weighted by molar-refractivity contribution is 5.91. The molecule has 0 bridgehead atoms. The first-order valence-electron chi connectivity index (χ1n) is 5.59. The summed E-state index contributed by atoms with van der Waals surface area (Å²) in [5, 5.41) is 3.64. The second-order valence-electron chi connectivity index (χ2n) is 4.22. The minimum absolute atomic E-state index is 0.165. The van der Waals surface area contributed by atoms with Gasteiger partial charge in [-0.15, -0.1) is 0 Å². The van der Waals surface area contributed by atoms with Crippen LogP contribution in [0.25, 0.3) is 0 Å². The first-order chi connectivity index (χ1) is 8.61. The number of rotatable bonds is 4. The van der Waals surface area contributed by atoms with E-state index in [1.807, 2.05) is 16.2 Å². The van der Waals surface area contributed by atoms with E-state index in [1.165, 1.54) is 0 Å². The molecule has 1 amide bonds. The zero-order valence-electron chi connectivity index (χ0n) is 10.3. The fourth-order valence-corrected chi connectivity index (χ4v) is 1.69. The van der Waals surface area contributed by atoms with Gasteiger partial charge in [0.25, 0.3) is 5.91 Å². The number of nitrogens with zero attached hydrogens (tertiary/aromatic N) is 3. The lowest BCUT2D eigenvalue weighted by Gasteiger charge is -2.07. The molecule has 2 rings (SSSR count). The molecule has 18 heavy (non-hydrogen) atoms. The summed E-state index contributed by atoms with van der Waals surface area (Å²) in [7, 11) is 0. The SMILES string of the molecule is CC(C)c1nccn1Cc1cc(C(=O)NN)no1. The molecule has 0 saturated heterocycles. The summed E-state index contributed by atoms with van der Waals surface area (Å²) in [6, 6.07) is 1.56. The smallest absolute Gasteiger partial charge is 0.287 e. The molecule has 0 spiro atoms. The van der Waals surface area contributed by atoms with Gasteiger partial charge >= 0.3 is 0 Å². The van der Waals surface area contributed by atoms with Gasteiger partial charge in [-0.1, -0.05) is 19.0 Å². The molecule has 2 heterocycles.